The second kappa shape index (κ2) is 9.64. The van der Waals surface area contributed by atoms with Gasteiger partial charge in [0.2, 0.25) is 5.76 Å². The lowest BCUT2D eigenvalue weighted by Gasteiger charge is -2.26. The van der Waals surface area contributed by atoms with Crippen LogP contribution in [0.15, 0.2) is 70.8 Å². The molecule has 2 aromatic heterocycles. The van der Waals surface area contributed by atoms with E-state index in [2.05, 4.69) is 16.8 Å². The Bertz CT molecular complexity index is 1350. The number of ether oxygens (including phenoxy) is 3. The quantitative estimate of drug-likeness (QED) is 0.195. The Balaban J connectivity index is 1.43. The van der Waals surface area contributed by atoms with Crippen molar-refractivity contribution in [3.8, 4) is 11.5 Å². The fourth-order valence-electron chi connectivity index (χ4n) is 3.83. The van der Waals surface area contributed by atoms with Crippen molar-refractivity contribution in [3.05, 3.63) is 78.3 Å². The first-order valence-electron chi connectivity index (χ1n) is 10.9. The summed E-state index contributed by atoms with van der Waals surface area (Å²) in [7, 11) is 0. The molecule has 1 aliphatic heterocycles. The smallest absolute Gasteiger partial charge is 0.374 e. The summed E-state index contributed by atoms with van der Waals surface area (Å²) in [6.07, 6.45) is 1.38. The Morgan fingerprint density at radius 3 is 2.82 bits per heavy atom. The van der Waals surface area contributed by atoms with Gasteiger partial charge in [-0.3, -0.25) is 4.57 Å². The van der Waals surface area contributed by atoms with E-state index in [9.17, 15) is 4.79 Å². The van der Waals surface area contributed by atoms with E-state index in [0.717, 1.165) is 10.9 Å². The second-order valence-corrected chi connectivity index (χ2v) is 8.46. The van der Waals surface area contributed by atoms with Crippen LogP contribution in [-0.2, 0) is 17.0 Å². The third-order valence-electron chi connectivity index (χ3n) is 5.36. The summed E-state index contributed by atoms with van der Waals surface area (Å²) in [6.45, 7) is 6.74. The molecule has 0 bridgehead atoms. The summed E-state index contributed by atoms with van der Waals surface area (Å²) in [4.78, 5) is 12.5. The lowest BCUT2D eigenvalue weighted by Crippen LogP contribution is -2.25. The third-order valence-corrected chi connectivity index (χ3v) is 6.35. The van der Waals surface area contributed by atoms with E-state index in [-0.39, 0.29) is 12.4 Å². The zero-order valence-corrected chi connectivity index (χ0v) is 19.4. The zero-order valence-electron chi connectivity index (χ0n) is 18.6. The number of thioether (sulfide) groups is 1. The molecule has 0 spiro atoms. The molecule has 1 atom stereocenters. The molecule has 0 fully saturated rings. The van der Waals surface area contributed by atoms with Gasteiger partial charge in [0.1, 0.15) is 12.2 Å². The van der Waals surface area contributed by atoms with Gasteiger partial charge in [-0.1, -0.05) is 48.2 Å². The number of hydrogen-bond acceptors (Lipinski definition) is 8. The SMILES string of the molecule is C=CCn1c(SCc2c(C(=O)OCC)oc3ccccc23)nnc1[C@@H]1COc2ccccc2O1. The number of carbonyl (C=O) groups excluding carboxylic acids is 1. The number of allylic oxidation sites excluding steroid dienone is 1. The molecule has 174 valence electrons. The number of carbonyl (C=O) groups is 1. The highest BCUT2D eigenvalue weighted by molar-refractivity contribution is 7.98. The number of nitrogens with zero attached hydrogens (tertiary/aromatic N) is 3. The van der Waals surface area contributed by atoms with Crippen LogP contribution in [-0.4, -0.2) is 33.9 Å². The molecule has 0 radical (unpaired) electrons. The van der Waals surface area contributed by atoms with E-state index in [1.165, 1.54) is 11.8 Å². The minimum Gasteiger partial charge on any atom is -0.485 e. The lowest BCUT2D eigenvalue weighted by molar-refractivity contribution is 0.0491. The molecule has 9 heteroatoms. The van der Waals surface area contributed by atoms with Crippen LogP contribution in [0.1, 0.15) is 35.0 Å². The van der Waals surface area contributed by atoms with Gasteiger partial charge in [-0.15, -0.1) is 16.8 Å². The van der Waals surface area contributed by atoms with Crippen LogP contribution in [0, 0.1) is 0 Å². The minimum absolute atomic E-state index is 0.214. The molecule has 1 aliphatic rings. The van der Waals surface area contributed by atoms with E-state index in [0.29, 0.717) is 47.0 Å². The molecule has 2 aromatic carbocycles. The lowest BCUT2D eigenvalue weighted by atomic mass is 10.1. The van der Waals surface area contributed by atoms with Gasteiger partial charge in [0.15, 0.2) is 28.6 Å². The Morgan fingerprint density at radius 1 is 1.21 bits per heavy atom. The van der Waals surface area contributed by atoms with Crippen molar-refractivity contribution in [1.29, 1.82) is 0 Å². The molecule has 0 saturated carbocycles. The molecule has 0 N–H and O–H groups in total. The average Bonchev–Trinajstić information content (AvgIpc) is 3.44. The topological polar surface area (TPSA) is 88.6 Å². The summed E-state index contributed by atoms with van der Waals surface area (Å²) in [6, 6.07) is 15.1. The Hall–Kier alpha value is -3.72. The maximum atomic E-state index is 12.5. The fourth-order valence-corrected chi connectivity index (χ4v) is 4.82. The first-order chi connectivity index (χ1) is 16.7. The van der Waals surface area contributed by atoms with E-state index in [1.807, 2.05) is 53.1 Å². The van der Waals surface area contributed by atoms with Crippen LogP contribution in [0.5, 0.6) is 11.5 Å². The number of benzene rings is 2. The van der Waals surface area contributed by atoms with Gasteiger partial charge in [-0.25, -0.2) is 4.79 Å². The Kier molecular flexibility index (Phi) is 6.27. The molecule has 4 aromatic rings. The molecule has 3 heterocycles. The van der Waals surface area contributed by atoms with Gasteiger partial charge in [0.25, 0.3) is 0 Å². The molecule has 5 rings (SSSR count). The third kappa shape index (κ3) is 4.14. The van der Waals surface area contributed by atoms with Crippen molar-refractivity contribution in [2.24, 2.45) is 0 Å². The highest BCUT2D eigenvalue weighted by atomic mass is 32.2. The number of furan rings is 1. The van der Waals surface area contributed by atoms with Gasteiger partial charge in [-0.2, -0.15) is 0 Å². The van der Waals surface area contributed by atoms with Crippen molar-refractivity contribution in [2.45, 2.75) is 30.5 Å². The Labute approximate surface area is 200 Å². The number of aromatic nitrogens is 3. The predicted molar refractivity (Wildman–Crippen MR) is 127 cm³/mol. The fraction of sp³-hybridized carbons (Fsp3) is 0.240. The van der Waals surface area contributed by atoms with Crippen molar-refractivity contribution < 1.29 is 23.4 Å². The molecular weight excluding hydrogens is 454 g/mol. The molecule has 34 heavy (non-hydrogen) atoms. The molecule has 8 nitrogen and oxygen atoms in total. The van der Waals surface area contributed by atoms with Crippen molar-refractivity contribution >= 4 is 28.7 Å². The van der Waals surface area contributed by atoms with E-state index in [1.54, 1.807) is 13.0 Å². The summed E-state index contributed by atoms with van der Waals surface area (Å²) >= 11 is 1.46. The molecule has 0 amide bonds. The highest BCUT2D eigenvalue weighted by Gasteiger charge is 2.29. The van der Waals surface area contributed by atoms with Gasteiger partial charge in [-0.05, 0) is 25.1 Å². The van der Waals surface area contributed by atoms with Crippen molar-refractivity contribution in [3.63, 3.8) is 0 Å². The van der Waals surface area contributed by atoms with Gasteiger partial charge in [0, 0.05) is 23.2 Å². The number of para-hydroxylation sites is 3. The number of rotatable bonds is 8. The normalized spacial score (nSPS) is 14.8. The zero-order chi connectivity index (χ0) is 23.5. The van der Waals surface area contributed by atoms with Gasteiger partial charge < -0.3 is 18.6 Å². The number of hydrogen-bond donors (Lipinski definition) is 0. The summed E-state index contributed by atoms with van der Waals surface area (Å²) < 4.78 is 25.0. The monoisotopic (exact) mass is 477 g/mol. The molecule has 0 unspecified atom stereocenters. The van der Waals surface area contributed by atoms with Crippen LogP contribution < -0.4 is 9.47 Å². The van der Waals surface area contributed by atoms with Crippen LogP contribution in [0.2, 0.25) is 0 Å². The van der Waals surface area contributed by atoms with E-state index >= 15 is 0 Å². The summed E-state index contributed by atoms with van der Waals surface area (Å²) in [5, 5.41) is 10.4. The molecular formula is C25H23N3O5S. The van der Waals surface area contributed by atoms with Gasteiger partial charge >= 0.3 is 5.97 Å². The van der Waals surface area contributed by atoms with Crippen molar-refractivity contribution in [2.75, 3.05) is 13.2 Å². The first kappa shape index (κ1) is 22.1. The summed E-state index contributed by atoms with van der Waals surface area (Å²) in [5.41, 5.74) is 1.40. The summed E-state index contributed by atoms with van der Waals surface area (Å²) in [5.74, 6) is 2.22. The highest BCUT2D eigenvalue weighted by Crippen LogP contribution is 2.37. The minimum atomic E-state index is -0.478. The standard InChI is InChI=1S/C25H23N3O5S/c1-3-13-28-23(21-14-31-19-11-7-8-12-20(19)32-21)26-27-25(28)34-15-17-16-9-5-6-10-18(16)33-22(17)24(29)30-4-2/h3,5-12,21H,1,4,13-15H2,2H3/t21-/m0/s1. The van der Waals surface area contributed by atoms with Crippen LogP contribution in [0.25, 0.3) is 11.0 Å². The van der Waals surface area contributed by atoms with Crippen LogP contribution in [0.4, 0.5) is 0 Å². The molecule has 0 aliphatic carbocycles. The maximum Gasteiger partial charge on any atom is 0.374 e. The average molecular weight is 478 g/mol. The Morgan fingerprint density at radius 2 is 2.00 bits per heavy atom. The molecule has 0 saturated heterocycles. The predicted octanol–water partition coefficient (Wildman–Crippen LogP) is 5.19. The largest absolute Gasteiger partial charge is 0.485 e. The maximum absolute atomic E-state index is 12.5. The van der Waals surface area contributed by atoms with E-state index in [4.69, 9.17) is 18.6 Å². The van der Waals surface area contributed by atoms with Crippen LogP contribution >= 0.6 is 11.8 Å². The van der Waals surface area contributed by atoms with Crippen LogP contribution in [0.3, 0.4) is 0 Å². The number of fused-ring (bicyclic) bond motifs is 2. The first-order valence-corrected chi connectivity index (χ1v) is 11.9. The number of esters is 1. The second-order valence-electron chi connectivity index (χ2n) is 7.52. The van der Waals surface area contributed by atoms with Crippen molar-refractivity contribution in [1.82, 2.24) is 14.8 Å². The van der Waals surface area contributed by atoms with E-state index < -0.39 is 12.1 Å². The van der Waals surface area contributed by atoms with Gasteiger partial charge in [0.05, 0.1) is 6.61 Å².